The van der Waals surface area contributed by atoms with Gasteiger partial charge in [-0.25, -0.2) is 0 Å². The lowest BCUT2D eigenvalue weighted by Gasteiger charge is -2.28. The lowest BCUT2D eigenvalue weighted by atomic mass is 10.2. The zero-order valence-electron chi connectivity index (χ0n) is 10.9. The highest BCUT2D eigenvalue weighted by Gasteiger charge is 2.29. The Bertz CT molecular complexity index is 528. The monoisotopic (exact) mass is 269 g/mol. The highest BCUT2D eigenvalue weighted by Crippen LogP contribution is 2.26. The van der Waals surface area contributed by atoms with Crippen molar-refractivity contribution in [1.82, 2.24) is 9.62 Å². The molecule has 1 aromatic carbocycles. The quantitative estimate of drug-likeness (QED) is 0.863. The minimum Gasteiger partial charge on any atom is -0.308 e. The third-order valence-corrected chi connectivity index (χ3v) is 4.91. The third kappa shape index (κ3) is 2.36. The van der Waals surface area contributed by atoms with Crippen LogP contribution in [0, 0.1) is 0 Å². The van der Waals surface area contributed by atoms with Gasteiger partial charge in [0.1, 0.15) is 0 Å². The van der Waals surface area contributed by atoms with Gasteiger partial charge in [-0.2, -0.15) is 12.7 Å². The van der Waals surface area contributed by atoms with Crippen LogP contribution in [-0.2, 0) is 16.8 Å². The molecule has 18 heavy (non-hydrogen) atoms. The topological polar surface area (TPSA) is 52.7 Å². The van der Waals surface area contributed by atoms with Gasteiger partial charge < -0.3 is 5.32 Å². The van der Waals surface area contributed by atoms with Crippen LogP contribution in [0.4, 0.5) is 5.69 Å². The lowest BCUT2D eigenvalue weighted by Crippen LogP contribution is -2.45. The van der Waals surface area contributed by atoms with Gasteiger partial charge in [-0.3, -0.25) is 4.31 Å². The third-order valence-electron chi connectivity index (χ3n) is 3.08. The van der Waals surface area contributed by atoms with E-state index in [-0.39, 0.29) is 6.04 Å². The first-order valence-corrected chi connectivity index (χ1v) is 7.34. The second kappa shape index (κ2) is 4.87. The molecule has 1 heterocycles. The van der Waals surface area contributed by atoms with Crippen LogP contribution >= 0.6 is 0 Å². The largest absolute Gasteiger partial charge is 0.308 e. The number of para-hydroxylation sites is 1. The molecule has 0 amide bonds. The molecular formula is C12H19N3O2S. The van der Waals surface area contributed by atoms with Gasteiger partial charge in [-0.05, 0) is 18.6 Å². The van der Waals surface area contributed by atoms with Crippen LogP contribution in [-0.4, -0.2) is 39.4 Å². The molecular weight excluding hydrogens is 250 g/mol. The summed E-state index contributed by atoms with van der Waals surface area (Å²) in [5.41, 5.74) is 1.77. The summed E-state index contributed by atoms with van der Waals surface area (Å²) in [4.78, 5) is 0. The van der Waals surface area contributed by atoms with Crippen molar-refractivity contribution in [2.24, 2.45) is 0 Å². The summed E-state index contributed by atoms with van der Waals surface area (Å²) < 4.78 is 27.5. The van der Waals surface area contributed by atoms with Gasteiger partial charge in [-0.15, -0.1) is 0 Å². The Balaban J connectivity index is 2.52. The Morgan fingerprint density at radius 3 is 2.67 bits per heavy atom. The maximum Gasteiger partial charge on any atom is 0.303 e. The van der Waals surface area contributed by atoms with Crippen LogP contribution in [0.15, 0.2) is 24.3 Å². The fraction of sp³-hybridized carbons (Fsp3) is 0.500. The summed E-state index contributed by atoms with van der Waals surface area (Å²) in [6.45, 7) is 3.12. The van der Waals surface area contributed by atoms with E-state index in [1.807, 2.05) is 31.2 Å². The van der Waals surface area contributed by atoms with Crippen molar-refractivity contribution in [1.29, 1.82) is 0 Å². The SMILES string of the molecule is CC1CN(S(=O)(=O)N(C)C)c2ccccc2CN1. The minimum absolute atomic E-state index is 0.118. The summed E-state index contributed by atoms with van der Waals surface area (Å²) >= 11 is 0. The van der Waals surface area contributed by atoms with Crippen molar-refractivity contribution in [2.45, 2.75) is 19.5 Å². The fourth-order valence-electron chi connectivity index (χ4n) is 2.02. The summed E-state index contributed by atoms with van der Waals surface area (Å²) in [7, 11) is -0.330. The predicted molar refractivity (Wildman–Crippen MR) is 72.7 cm³/mol. The fourth-order valence-corrected chi connectivity index (χ4v) is 3.25. The Morgan fingerprint density at radius 1 is 1.33 bits per heavy atom. The maximum atomic E-state index is 12.4. The van der Waals surface area contributed by atoms with Gasteiger partial charge in [0.05, 0.1) is 12.2 Å². The Morgan fingerprint density at radius 2 is 2.00 bits per heavy atom. The summed E-state index contributed by atoms with van der Waals surface area (Å²) in [5, 5.41) is 3.32. The van der Waals surface area contributed by atoms with Crippen molar-refractivity contribution in [2.75, 3.05) is 24.9 Å². The van der Waals surface area contributed by atoms with Gasteiger partial charge in [0.2, 0.25) is 0 Å². The van der Waals surface area contributed by atoms with Gasteiger partial charge in [-0.1, -0.05) is 18.2 Å². The van der Waals surface area contributed by atoms with E-state index in [1.54, 1.807) is 14.1 Å². The first-order valence-electron chi connectivity index (χ1n) is 5.94. The van der Waals surface area contributed by atoms with Crippen LogP contribution in [0.1, 0.15) is 12.5 Å². The standard InChI is InChI=1S/C12H19N3O2S/c1-10-9-15(18(16,17)14(2)3)12-7-5-4-6-11(12)8-13-10/h4-7,10,13H,8-9H2,1-3H3. The van der Waals surface area contributed by atoms with E-state index in [9.17, 15) is 8.42 Å². The highest BCUT2D eigenvalue weighted by molar-refractivity contribution is 7.90. The molecule has 1 N–H and O–H groups in total. The van der Waals surface area contributed by atoms with E-state index in [0.717, 1.165) is 11.3 Å². The number of nitrogens with one attached hydrogen (secondary N) is 1. The van der Waals surface area contributed by atoms with Crippen molar-refractivity contribution in [3.05, 3.63) is 29.8 Å². The van der Waals surface area contributed by atoms with Crippen LogP contribution in [0.3, 0.4) is 0 Å². The summed E-state index contributed by atoms with van der Waals surface area (Å²) in [6.07, 6.45) is 0. The smallest absolute Gasteiger partial charge is 0.303 e. The van der Waals surface area contributed by atoms with E-state index in [2.05, 4.69) is 5.32 Å². The Kier molecular flexibility index (Phi) is 3.61. The molecule has 0 bridgehead atoms. The molecule has 0 aromatic heterocycles. The number of benzene rings is 1. The van der Waals surface area contributed by atoms with Crippen LogP contribution < -0.4 is 9.62 Å². The number of hydrogen-bond donors (Lipinski definition) is 1. The van der Waals surface area contributed by atoms with E-state index in [1.165, 1.54) is 8.61 Å². The number of anilines is 1. The van der Waals surface area contributed by atoms with Gasteiger partial charge in [0.15, 0.2) is 0 Å². The van der Waals surface area contributed by atoms with Crippen molar-refractivity contribution >= 4 is 15.9 Å². The molecule has 1 aliphatic rings. The molecule has 1 atom stereocenters. The lowest BCUT2D eigenvalue weighted by molar-refractivity contribution is 0.506. The molecule has 0 saturated carbocycles. The van der Waals surface area contributed by atoms with Crippen LogP contribution in [0.2, 0.25) is 0 Å². The molecule has 6 heteroatoms. The van der Waals surface area contributed by atoms with E-state index >= 15 is 0 Å². The second-order valence-electron chi connectivity index (χ2n) is 4.73. The average Bonchev–Trinajstić information content (AvgIpc) is 2.49. The first kappa shape index (κ1) is 13.3. The molecule has 1 unspecified atom stereocenters. The van der Waals surface area contributed by atoms with Crippen molar-refractivity contribution in [3.8, 4) is 0 Å². The van der Waals surface area contributed by atoms with E-state index in [4.69, 9.17) is 0 Å². The molecule has 0 fully saturated rings. The molecule has 1 aliphatic heterocycles. The van der Waals surface area contributed by atoms with E-state index in [0.29, 0.717) is 13.1 Å². The van der Waals surface area contributed by atoms with Crippen LogP contribution in [0.5, 0.6) is 0 Å². The normalized spacial score (nSPS) is 20.7. The van der Waals surface area contributed by atoms with Crippen molar-refractivity contribution < 1.29 is 8.42 Å². The van der Waals surface area contributed by atoms with Crippen LogP contribution in [0.25, 0.3) is 0 Å². The van der Waals surface area contributed by atoms with E-state index < -0.39 is 10.2 Å². The molecule has 2 rings (SSSR count). The minimum atomic E-state index is -3.44. The van der Waals surface area contributed by atoms with Gasteiger partial charge >= 0.3 is 10.2 Å². The number of fused-ring (bicyclic) bond motifs is 1. The molecule has 0 saturated heterocycles. The van der Waals surface area contributed by atoms with Crippen molar-refractivity contribution in [3.63, 3.8) is 0 Å². The van der Waals surface area contributed by atoms with Gasteiger partial charge in [0.25, 0.3) is 0 Å². The Hall–Kier alpha value is -1.11. The molecule has 5 nitrogen and oxygen atoms in total. The Labute approximate surface area is 109 Å². The first-order chi connectivity index (χ1) is 8.43. The summed E-state index contributed by atoms with van der Waals surface area (Å²) in [5.74, 6) is 0. The number of hydrogen-bond acceptors (Lipinski definition) is 3. The highest BCUT2D eigenvalue weighted by atomic mass is 32.2. The van der Waals surface area contributed by atoms with Gasteiger partial charge in [0, 0.05) is 26.7 Å². The number of nitrogens with zero attached hydrogens (tertiary/aromatic N) is 2. The maximum absolute atomic E-state index is 12.4. The average molecular weight is 269 g/mol. The molecule has 0 spiro atoms. The predicted octanol–water partition coefficient (Wildman–Crippen LogP) is 0.791. The molecule has 1 aromatic rings. The summed E-state index contributed by atoms with van der Waals surface area (Å²) in [6, 6.07) is 7.73. The second-order valence-corrected chi connectivity index (χ2v) is 6.80. The molecule has 100 valence electrons. The zero-order chi connectivity index (χ0) is 13.3. The zero-order valence-corrected chi connectivity index (χ0v) is 11.7. The molecule has 0 aliphatic carbocycles. The number of rotatable bonds is 2. The molecule has 0 radical (unpaired) electrons.